The lowest BCUT2D eigenvalue weighted by Crippen LogP contribution is -2.35. The van der Waals surface area contributed by atoms with E-state index in [1.54, 1.807) is 6.20 Å². The number of aromatic nitrogens is 1. The van der Waals surface area contributed by atoms with Crippen LogP contribution in [0.3, 0.4) is 0 Å². The van der Waals surface area contributed by atoms with Gasteiger partial charge in [0.15, 0.2) is 5.13 Å². The summed E-state index contributed by atoms with van der Waals surface area (Å²) in [6, 6.07) is -0.311. The van der Waals surface area contributed by atoms with Gasteiger partial charge in [0, 0.05) is 13.1 Å². The van der Waals surface area contributed by atoms with Gasteiger partial charge in [-0.15, -0.1) is 11.8 Å². The van der Waals surface area contributed by atoms with Crippen LogP contribution >= 0.6 is 23.1 Å². The molecule has 3 N–H and O–H groups in total. The number of anilines is 1. The summed E-state index contributed by atoms with van der Waals surface area (Å²) in [6.45, 7) is 0.978. The van der Waals surface area contributed by atoms with Gasteiger partial charge in [-0.25, -0.2) is 9.78 Å². The van der Waals surface area contributed by atoms with Crippen LogP contribution in [0.25, 0.3) is 0 Å². The van der Waals surface area contributed by atoms with Gasteiger partial charge >= 0.3 is 6.03 Å². The topological polar surface area (TPSA) is 88.3 Å². The summed E-state index contributed by atoms with van der Waals surface area (Å²) >= 11 is 2.67. The Labute approximate surface area is 100 Å². The molecule has 2 rings (SSSR count). The molecular weight excluding hydrogens is 248 g/mol. The normalized spacial score (nSPS) is 15.2. The van der Waals surface area contributed by atoms with E-state index in [0.717, 1.165) is 4.21 Å². The molecule has 86 valence electrons. The Morgan fingerprint density at radius 3 is 3.12 bits per heavy atom. The third kappa shape index (κ3) is 2.45. The van der Waals surface area contributed by atoms with Crippen LogP contribution in [0.4, 0.5) is 9.93 Å². The van der Waals surface area contributed by atoms with Gasteiger partial charge in [0.1, 0.15) is 0 Å². The monoisotopic (exact) mass is 258 g/mol. The minimum Gasteiger partial charge on any atom is -0.375 e. The Hall–Kier alpha value is -1.28. The van der Waals surface area contributed by atoms with Gasteiger partial charge in [-0.05, 0) is 0 Å². The summed E-state index contributed by atoms with van der Waals surface area (Å²) in [4.78, 5) is 27.9. The predicted octanol–water partition coefficient (Wildman–Crippen LogP) is 0.369. The summed E-state index contributed by atoms with van der Waals surface area (Å²) in [6.07, 6.45) is 1.63. The molecule has 1 fully saturated rings. The van der Waals surface area contributed by atoms with Crippen molar-refractivity contribution in [2.24, 2.45) is 0 Å². The number of nitrogens with zero attached hydrogens (tertiary/aromatic N) is 2. The van der Waals surface area contributed by atoms with E-state index in [9.17, 15) is 9.59 Å². The van der Waals surface area contributed by atoms with Gasteiger partial charge in [-0.3, -0.25) is 9.69 Å². The van der Waals surface area contributed by atoms with Crippen LogP contribution in [0.1, 0.15) is 0 Å². The summed E-state index contributed by atoms with van der Waals surface area (Å²) in [5.41, 5.74) is 5.46. The standard InChI is InChI=1S/C8H10N4O2S2/c9-7-11-3-6(16-7)15-4-5(13)12-2-1-10-8(12)14/h3H,1-2,4H2,(H2,9,11)(H,10,14). The highest BCUT2D eigenvalue weighted by atomic mass is 32.2. The Kier molecular flexibility index (Phi) is 3.30. The van der Waals surface area contributed by atoms with E-state index >= 15 is 0 Å². The predicted molar refractivity (Wildman–Crippen MR) is 62.4 cm³/mol. The minimum absolute atomic E-state index is 0.188. The Balaban J connectivity index is 1.86. The summed E-state index contributed by atoms with van der Waals surface area (Å²) < 4.78 is 0.880. The highest BCUT2D eigenvalue weighted by molar-refractivity contribution is 8.01. The smallest absolute Gasteiger partial charge is 0.324 e. The second-order valence-corrected chi connectivity index (χ2v) is 5.42. The Morgan fingerprint density at radius 1 is 1.75 bits per heavy atom. The summed E-state index contributed by atoms with van der Waals surface area (Å²) in [7, 11) is 0. The van der Waals surface area contributed by atoms with Crippen LogP contribution in [0, 0.1) is 0 Å². The van der Waals surface area contributed by atoms with Gasteiger partial charge in [0.2, 0.25) is 5.91 Å². The largest absolute Gasteiger partial charge is 0.375 e. The van der Waals surface area contributed by atoms with E-state index in [0.29, 0.717) is 18.2 Å². The second-order valence-electron chi connectivity index (χ2n) is 3.08. The average Bonchev–Trinajstić information content (AvgIpc) is 2.84. The summed E-state index contributed by atoms with van der Waals surface area (Å²) in [5.74, 6) is 0.0432. The molecular formula is C8H10N4O2S2. The van der Waals surface area contributed by atoms with E-state index < -0.39 is 0 Å². The lowest BCUT2D eigenvalue weighted by Gasteiger charge is -2.10. The number of carbonyl (C=O) groups excluding carboxylic acids is 2. The maximum atomic E-state index is 11.6. The molecule has 1 aliphatic heterocycles. The number of rotatable bonds is 3. The molecule has 0 atom stereocenters. The summed E-state index contributed by atoms with van der Waals surface area (Å²) in [5, 5.41) is 3.06. The van der Waals surface area contributed by atoms with Crippen molar-refractivity contribution < 1.29 is 9.59 Å². The van der Waals surface area contributed by atoms with E-state index in [2.05, 4.69) is 10.3 Å². The number of nitrogen functional groups attached to an aromatic ring is 1. The quantitative estimate of drug-likeness (QED) is 0.765. The molecule has 0 saturated carbocycles. The number of thiazole rings is 1. The second kappa shape index (κ2) is 4.71. The number of nitrogens with two attached hydrogens (primary N) is 1. The molecule has 6 nitrogen and oxygen atoms in total. The van der Waals surface area contributed by atoms with Gasteiger partial charge in [-0.2, -0.15) is 0 Å². The fourth-order valence-corrected chi connectivity index (χ4v) is 2.89. The number of carbonyl (C=O) groups is 2. The first kappa shape index (κ1) is 11.2. The lowest BCUT2D eigenvalue weighted by atomic mass is 10.5. The van der Waals surface area contributed by atoms with E-state index in [1.807, 2.05) is 0 Å². The first-order valence-electron chi connectivity index (χ1n) is 4.59. The first-order chi connectivity index (χ1) is 7.66. The van der Waals surface area contributed by atoms with E-state index in [1.165, 1.54) is 28.0 Å². The minimum atomic E-state index is -0.311. The number of hydrogen-bond donors (Lipinski definition) is 2. The van der Waals surface area contributed by atoms with Crippen molar-refractivity contribution in [3.63, 3.8) is 0 Å². The first-order valence-corrected chi connectivity index (χ1v) is 6.39. The van der Waals surface area contributed by atoms with E-state index in [-0.39, 0.29) is 17.7 Å². The van der Waals surface area contributed by atoms with Crippen molar-refractivity contribution in [3.8, 4) is 0 Å². The maximum absolute atomic E-state index is 11.6. The number of nitrogens with one attached hydrogen (secondary N) is 1. The highest BCUT2D eigenvalue weighted by Crippen LogP contribution is 2.26. The number of imide groups is 1. The van der Waals surface area contributed by atoms with Crippen LogP contribution in [0.5, 0.6) is 0 Å². The van der Waals surface area contributed by atoms with Gasteiger partial charge in [-0.1, -0.05) is 11.3 Å². The fourth-order valence-electron chi connectivity index (χ4n) is 1.26. The zero-order valence-corrected chi connectivity index (χ0v) is 9.94. The average molecular weight is 258 g/mol. The van der Waals surface area contributed by atoms with E-state index in [4.69, 9.17) is 5.73 Å². The lowest BCUT2D eigenvalue weighted by molar-refractivity contribution is -0.124. The highest BCUT2D eigenvalue weighted by Gasteiger charge is 2.25. The maximum Gasteiger partial charge on any atom is 0.324 e. The van der Waals surface area contributed by atoms with Crippen molar-refractivity contribution in [3.05, 3.63) is 6.20 Å². The molecule has 1 aliphatic rings. The van der Waals surface area contributed by atoms with Gasteiger partial charge in [0.05, 0.1) is 16.2 Å². The van der Waals surface area contributed by atoms with Gasteiger partial charge < -0.3 is 11.1 Å². The Bertz CT molecular complexity index is 420. The molecule has 0 bridgehead atoms. The van der Waals surface area contributed by atoms with Crippen molar-refractivity contribution in [2.75, 3.05) is 24.6 Å². The fraction of sp³-hybridized carbons (Fsp3) is 0.375. The Morgan fingerprint density at radius 2 is 2.56 bits per heavy atom. The molecule has 0 radical (unpaired) electrons. The molecule has 0 spiro atoms. The number of hydrogen-bond acceptors (Lipinski definition) is 6. The molecule has 16 heavy (non-hydrogen) atoms. The van der Waals surface area contributed by atoms with Crippen molar-refractivity contribution in [1.29, 1.82) is 0 Å². The zero-order chi connectivity index (χ0) is 11.5. The molecule has 8 heteroatoms. The molecule has 1 aromatic rings. The van der Waals surface area contributed by atoms with Crippen molar-refractivity contribution in [2.45, 2.75) is 4.21 Å². The van der Waals surface area contributed by atoms with Crippen LogP contribution in [0.2, 0.25) is 0 Å². The molecule has 2 heterocycles. The number of urea groups is 1. The molecule has 0 aliphatic carbocycles. The van der Waals surface area contributed by atoms with Gasteiger partial charge in [0.25, 0.3) is 0 Å². The molecule has 0 aromatic carbocycles. The van der Waals surface area contributed by atoms with Crippen LogP contribution < -0.4 is 11.1 Å². The number of thioether (sulfide) groups is 1. The molecule has 0 unspecified atom stereocenters. The third-order valence-electron chi connectivity index (χ3n) is 2.00. The molecule has 1 saturated heterocycles. The number of amides is 3. The van der Waals surface area contributed by atoms with Crippen molar-refractivity contribution in [1.82, 2.24) is 15.2 Å². The van der Waals surface area contributed by atoms with Crippen molar-refractivity contribution >= 4 is 40.2 Å². The van der Waals surface area contributed by atoms with Crippen LogP contribution in [-0.4, -0.2) is 40.7 Å². The molecule has 1 aromatic heterocycles. The molecule has 3 amide bonds. The van der Waals surface area contributed by atoms with Crippen LogP contribution in [-0.2, 0) is 4.79 Å². The zero-order valence-electron chi connectivity index (χ0n) is 8.30. The third-order valence-corrected chi connectivity index (χ3v) is 4.00. The van der Waals surface area contributed by atoms with Crippen LogP contribution in [0.15, 0.2) is 10.4 Å². The SMILES string of the molecule is Nc1ncc(SCC(=O)N2CCNC2=O)s1.